The van der Waals surface area contributed by atoms with Crippen LogP contribution in [0, 0.1) is 0 Å². The molecule has 0 N–H and O–H groups in total. The highest BCUT2D eigenvalue weighted by Crippen LogP contribution is 2.27. The third-order valence-corrected chi connectivity index (χ3v) is 5.03. The molecule has 3 rings (SSSR count). The van der Waals surface area contributed by atoms with Gasteiger partial charge in [0.25, 0.3) is 0 Å². The van der Waals surface area contributed by atoms with Crippen molar-refractivity contribution in [3.8, 4) is 0 Å². The van der Waals surface area contributed by atoms with Gasteiger partial charge in [-0.3, -0.25) is 9.80 Å². The van der Waals surface area contributed by atoms with E-state index in [0.717, 1.165) is 12.1 Å². The Morgan fingerprint density at radius 3 is 1.12 bits per heavy atom. The summed E-state index contributed by atoms with van der Waals surface area (Å²) in [5, 5.41) is 0. The Bertz CT molecular complexity index is 185. The van der Waals surface area contributed by atoms with Gasteiger partial charge in [-0.1, -0.05) is 25.7 Å². The van der Waals surface area contributed by atoms with Crippen LogP contribution in [-0.2, 0) is 0 Å². The molecule has 0 amide bonds. The molecule has 0 aromatic rings. The molecule has 92 valence electrons. The summed E-state index contributed by atoms with van der Waals surface area (Å²) >= 11 is 0. The molecular formula is C14H26N2. The average Bonchev–Trinajstić information content (AvgIpc) is 3.03. The lowest BCUT2D eigenvalue weighted by atomic mass is 10.1. The van der Waals surface area contributed by atoms with Crippen molar-refractivity contribution in [1.29, 1.82) is 0 Å². The highest BCUT2D eigenvalue weighted by Gasteiger charge is 2.29. The molecule has 0 atom stereocenters. The minimum atomic E-state index is 0.950. The van der Waals surface area contributed by atoms with Crippen LogP contribution in [0.3, 0.4) is 0 Å². The molecule has 16 heavy (non-hydrogen) atoms. The van der Waals surface area contributed by atoms with Crippen molar-refractivity contribution in [2.24, 2.45) is 0 Å². The van der Waals surface area contributed by atoms with Gasteiger partial charge in [-0.2, -0.15) is 0 Å². The first kappa shape index (κ1) is 11.0. The van der Waals surface area contributed by atoms with Gasteiger partial charge in [-0.15, -0.1) is 0 Å². The van der Waals surface area contributed by atoms with Crippen molar-refractivity contribution in [3.63, 3.8) is 0 Å². The Labute approximate surface area is 100.0 Å². The summed E-state index contributed by atoms with van der Waals surface area (Å²) in [6.45, 7) is 5.39. The summed E-state index contributed by atoms with van der Waals surface area (Å²) in [6, 6.07) is 1.90. The molecule has 2 nitrogen and oxygen atoms in total. The van der Waals surface area contributed by atoms with Crippen LogP contribution in [-0.4, -0.2) is 48.1 Å². The topological polar surface area (TPSA) is 6.48 Å². The monoisotopic (exact) mass is 222 g/mol. The first-order chi connectivity index (χ1) is 7.93. The van der Waals surface area contributed by atoms with Crippen LogP contribution in [0.25, 0.3) is 0 Å². The first-order valence-electron chi connectivity index (χ1n) is 7.41. The number of nitrogens with zero attached hydrogens (tertiary/aromatic N) is 2. The Hall–Kier alpha value is -0.0800. The molecule has 0 aromatic carbocycles. The second-order valence-electron chi connectivity index (χ2n) is 5.95. The molecule has 3 aliphatic rings. The summed E-state index contributed by atoms with van der Waals surface area (Å²) in [7, 11) is 0. The second-order valence-corrected chi connectivity index (χ2v) is 5.95. The van der Waals surface area contributed by atoms with E-state index in [0.29, 0.717) is 0 Å². The number of piperazine rings is 1. The van der Waals surface area contributed by atoms with Gasteiger partial charge in [-0.05, 0) is 25.7 Å². The molecule has 0 bridgehead atoms. The molecule has 2 saturated carbocycles. The van der Waals surface area contributed by atoms with Gasteiger partial charge >= 0.3 is 0 Å². The van der Waals surface area contributed by atoms with Gasteiger partial charge in [0.1, 0.15) is 0 Å². The molecule has 3 fully saturated rings. The number of hydrogen-bond acceptors (Lipinski definition) is 2. The summed E-state index contributed by atoms with van der Waals surface area (Å²) in [5.41, 5.74) is 0. The Morgan fingerprint density at radius 1 is 0.500 bits per heavy atom. The Balaban J connectivity index is 1.47. The molecule has 0 unspecified atom stereocenters. The molecule has 0 radical (unpaired) electrons. The van der Waals surface area contributed by atoms with Crippen molar-refractivity contribution in [1.82, 2.24) is 9.80 Å². The van der Waals surface area contributed by atoms with Gasteiger partial charge in [0.05, 0.1) is 0 Å². The highest BCUT2D eigenvalue weighted by atomic mass is 15.3. The average molecular weight is 222 g/mol. The van der Waals surface area contributed by atoms with Crippen molar-refractivity contribution in [2.75, 3.05) is 26.2 Å². The van der Waals surface area contributed by atoms with E-state index in [1.165, 1.54) is 77.5 Å². The molecule has 1 saturated heterocycles. The summed E-state index contributed by atoms with van der Waals surface area (Å²) in [5.74, 6) is 0. The second kappa shape index (κ2) is 5.05. The largest absolute Gasteiger partial charge is 0.298 e. The molecular weight excluding hydrogens is 196 g/mol. The van der Waals surface area contributed by atoms with Crippen LogP contribution in [0.5, 0.6) is 0 Å². The minimum absolute atomic E-state index is 0.950. The Kier molecular flexibility index (Phi) is 3.49. The van der Waals surface area contributed by atoms with Crippen LogP contribution in [0.15, 0.2) is 0 Å². The standard InChI is InChI=1S/C14H26N2/c1-2-6-13(5-1)15-9-11-16(12-10-15)14-7-3-4-8-14/h13-14H,1-12H2. The third kappa shape index (κ3) is 2.28. The molecule has 2 heteroatoms. The van der Waals surface area contributed by atoms with E-state index in [9.17, 15) is 0 Å². The fraction of sp³-hybridized carbons (Fsp3) is 1.00. The van der Waals surface area contributed by atoms with E-state index in [1.807, 2.05) is 0 Å². The van der Waals surface area contributed by atoms with Gasteiger partial charge in [-0.25, -0.2) is 0 Å². The van der Waals surface area contributed by atoms with E-state index in [1.54, 1.807) is 0 Å². The minimum Gasteiger partial charge on any atom is -0.298 e. The zero-order valence-corrected chi connectivity index (χ0v) is 10.5. The maximum absolute atomic E-state index is 2.78. The van der Waals surface area contributed by atoms with Gasteiger partial charge in [0.2, 0.25) is 0 Å². The lowest BCUT2D eigenvalue weighted by molar-refractivity contribution is 0.0720. The van der Waals surface area contributed by atoms with Crippen LogP contribution >= 0.6 is 0 Å². The van der Waals surface area contributed by atoms with Gasteiger partial charge in [0, 0.05) is 38.3 Å². The van der Waals surface area contributed by atoms with E-state index in [4.69, 9.17) is 0 Å². The zero-order chi connectivity index (χ0) is 10.8. The predicted molar refractivity (Wildman–Crippen MR) is 67.7 cm³/mol. The lowest BCUT2D eigenvalue weighted by Gasteiger charge is -2.40. The smallest absolute Gasteiger partial charge is 0.0113 e. The summed E-state index contributed by atoms with van der Waals surface area (Å²) < 4.78 is 0. The van der Waals surface area contributed by atoms with Crippen LogP contribution in [0.2, 0.25) is 0 Å². The molecule has 0 aromatic heterocycles. The van der Waals surface area contributed by atoms with Crippen LogP contribution in [0.4, 0.5) is 0 Å². The Morgan fingerprint density at radius 2 is 0.812 bits per heavy atom. The maximum Gasteiger partial charge on any atom is 0.0113 e. The molecule has 2 aliphatic carbocycles. The lowest BCUT2D eigenvalue weighted by Crippen LogP contribution is -2.52. The fourth-order valence-corrected chi connectivity index (χ4v) is 4.01. The van der Waals surface area contributed by atoms with Crippen LogP contribution < -0.4 is 0 Å². The zero-order valence-electron chi connectivity index (χ0n) is 10.5. The molecule has 1 heterocycles. The normalized spacial score (nSPS) is 31.5. The maximum atomic E-state index is 2.78. The third-order valence-electron chi connectivity index (χ3n) is 5.03. The van der Waals surface area contributed by atoms with Crippen molar-refractivity contribution < 1.29 is 0 Å². The van der Waals surface area contributed by atoms with Gasteiger partial charge in [0.15, 0.2) is 0 Å². The van der Waals surface area contributed by atoms with E-state index >= 15 is 0 Å². The first-order valence-corrected chi connectivity index (χ1v) is 7.41. The molecule has 0 spiro atoms. The van der Waals surface area contributed by atoms with Crippen molar-refractivity contribution in [3.05, 3.63) is 0 Å². The highest BCUT2D eigenvalue weighted by molar-refractivity contribution is 4.85. The predicted octanol–water partition coefficient (Wildman–Crippen LogP) is 2.49. The quantitative estimate of drug-likeness (QED) is 0.708. The van der Waals surface area contributed by atoms with Crippen LogP contribution in [0.1, 0.15) is 51.4 Å². The summed E-state index contributed by atoms with van der Waals surface area (Å²) in [6.07, 6.45) is 11.8. The molecule has 1 aliphatic heterocycles. The van der Waals surface area contributed by atoms with Crippen molar-refractivity contribution in [2.45, 2.75) is 63.5 Å². The van der Waals surface area contributed by atoms with Crippen molar-refractivity contribution >= 4 is 0 Å². The SMILES string of the molecule is C1CCC(N2CCN(C3CCCC3)CC2)C1. The van der Waals surface area contributed by atoms with E-state index in [2.05, 4.69) is 9.80 Å². The van der Waals surface area contributed by atoms with E-state index in [-0.39, 0.29) is 0 Å². The summed E-state index contributed by atoms with van der Waals surface area (Å²) in [4.78, 5) is 5.55. The fourth-order valence-electron chi connectivity index (χ4n) is 4.01. The number of hydrogen-bond donors (Lipinski definition) is 0. The number of rotatable bonds is 2. The van der Waals surface area contributed by atoms with Gasteiger partial charge < -0.3 is 0 Å². The van der Waals surface area contributed by atoms with E-state index < -0.39 is 0 Å².